The molecule has 0 aliphatic carbocycles. The topological polar surface area (TPSA) is 134 Å². The lowest BCUT2D eigenvalue weighted by Gasteiger charge is -2.09. The molecule has 150 valence electrons. The number of amides is 1. The number of nitrogens with two attached hydrogens (primary N) is 1. The van der Waals surface area contributed by atoms with E-state index in [2.05, 4.69) is 5.32 Å². The first-order valence-electron chi connectivity index (χ1n) is 8.22. The highest BCUT2D eigenvalue weighted by molar-refractivity contribution is 7.89. The number of sulfonamides is 1. The average Bonchev–Trinajstić information content (AvgIpc) is 2.66. The van der Waals surface area contributed by atoms with Gasteiger partial charge in [0, 0.05) is 5.69 Å². The summed E-state index contributed by atoms with van der Waals surface area (Å²) in [5, 5.41) is 7.45. The van der Waals surface area contributed by atoms with E-state index in [1.165, 1.54) is 24.3 Å². The smallest absolute Gasteiger partial charge is 0.344 e. The van der Waals surface area contributed by atoms with Crippen LogP contribution in [0.5, 0.6) is 11.5 Å². The van der Waals surface area contributed by atoms with Crippen LogP contribution in [0.1, 0.15) is 6.92 Å². The van der Waals surface area contributed by atoms with E-state index in [0.29, 0.717) is 23.8 Å². The van der Waals surface area contributed by atoms with Crippen molar-refractivity contribution in [1.82, 2.24) is 0 Å². The number of hydrogen-bond donors (Lipinski definition) is 2. The van der Waals surface area contributed by atoms with E-state index in [1.54, 1.807) is 24.3 Å². The lowest BCUT2D eigenvalue weighted by molar-refractivity contribution is -0.149. The minimum absolute atomic E-state index is 0.0802. The SMILES string of the molecule is CCOc1ccc(OCC(=O)OCC(=O)Nc2ccc(S(N)(=O)=O)cc2)cc1. The zero-order valence-corrected chi connectivity index (χ0v) is 15.9. The molecule has 3 N–H and O–H groups in total. The molecule has 9 nitrogen and oxygen atoms in total. The third-order valence-electron chi connectivity index (χ3n) is 3.32. The molecule has 0 unspecified atom stereocenters. The number of ether oxygens (including phenoxy) is 3. The fraction of sp³-hybridized carbons (Fsp3) is 0.222. The Hall–Kier alpha value is -3.11. The second-order valence-electron chi connectivity index (χ2n) is 5.47. The van der Waals surface area contributed by atoms with Crippen LogP contribution in [0.3, 0.4) is 0 Å². The van der Waals surface area contributed by atoms with Crippen molar-refractivity contribution in [2.24, 2.45) is 5.14 Å². The van der Waals surface area contributed by atoms with E-state index in [9.17, 15) is 18.0 Å². The molecule has 0 aliphatic heterocycles. The van der Waals surface area contributed by atoms with Gasteiger partial charge in [-0.25, -0.2) is 18.4 Å². The van der Waals surface area contributed by atoms with Gasteiger partial charge in [0.25, 0.3) is 5.91 Å². The number of carbonyl (C=O) groups is 2. The molecule has 0 aliphatic rings. The normalized spacial score (nSPS) is 10.8. The molecule has 0 spiro atoms. The van der Waals surface area contributed by atoms with E-state index in [0.717, 1.165) is 0 Å². The quantitative estimate of drug-likeness (QED) is 0.597. The molecule has 2 rings (SSSR count). The summed E-state index contributed by atoms with van der Waals surface area (Å²) in [7, 11) is -3.81. The van der Waals surface area contributed by atoms with Crippen LogP contribution < -0.4 is 19.9 Å². The third-order valence-corrected chi connectivity index (χ3v) is 4.25. The van der Waals surface area contributed by atoms with Gasteiger partial charge in [0.05, 0.1) is 11.5 Å². The number of primary sulfonamides is 1. The van der Waals surface area contributed by atoms with Crippen LogP contribution in [-0.4, -0.2) is 40.1 Å². The van der Waals surface area contributed by atoms with Crippen LogP contribution >= 0.6 is 0 Å². The molecule has 0 saturated heterocycles. The predicted molar refractivity (Wildman–Crippen MR) is 101 cm³/mol. The van der Waals surface area contributed by atoms with Gasteiger partial charge in [0.2, 0.25) is 10.0 Å². The molecule has 10 heteroatoms. The number of benzene rings is 2. The van der Waals surface area contributed by atoms with Crippen molar-refractivity contribution in [3.8, 4) is 11.5 Å². The van der Waals surface area contributed by atoms with E-state index < -0.39 is 28.5 Å². The van der Waals surface area contributed by atoms with Gasteiger partial charge in [-0.15, -0.1) is 0 Å². The van der Waals surface area contributed by atoms with Crippen molar-refractivity contribution in [1.29, 1.82) is 0 Å². The van der Waals surface area contributed by atoms with Crippen LogP contribution in [0.15, 0.2) is 53.4 Å². The third kappa shape index (κ3) is 6.89. The van der Waals surface area contributed by atoms with Crippen molar-refractivity contribution in [2.45, 2.75) is 11.8 Å². The summed E-state index contributed by atoms with van der Waals surface area (Å²) in [4.78, 5) is 23.4. The Morgan fingerprint density at radius 1 is 0.929 bits per heavy atom. The highest BCUT2D eigenvalue weighted by atomic mass is 32.2. The molecular formula is C18H20N2O7S. The zero-order valence-electron chi connectivity index (χ0n) is 15.1. The molecule has 0 radical (unpaired) electrons. The molecule has 28 heavy (non-hydrogen) atoms. The maximum Gasteiger partial charge on any atom is 0.344 e. The molecule has 0 fully saturated rings. The van der Waals surface area contributed by atoms with Crippen LogP contribution in [0.4, 0.5) is 5.69 Å². The van der Waals surface area contributed by atoms with Crippen LogP contribution in [-0.2, 0) is 24.3 Å². The Morgan fingerprint density at radius 3 is 2.04 bits per heavy atom. The Bertz CT molecular complexity index is 910. The maximum absolute atomic E-state index is 11.8. The van der Waals surface area contributed by atoms with Crippen molar-refractivity contribution in [3.05, 3.63) is 48.5 Å². The molecule has 0 bridgehead atoms. The van der Waals surface area contributed by atoms with Gasteiger partial charge < -0.3 is 19.5 Å². The molecule has 0 aromatic heterocycles. The first-order valence-corrected chi connectivity index (χ1v) is 9.76. The van der Waals surface area contributed by atoms with Crippen LogP contribution in [0.25, 0.3) is 0 Å². The van der Waals surface area contributed by atoms with Crippen molar-refractivity contribution < 1.29 is 32.2 Å². The molecule has 0 saturated carbocycles. The zero-order chi connectivity index (χ0) is 20.6. The second kappa shape index (κ2) is 9.72. The number of nitrogens with one attached hydrogen (secondary N) is 1. The van der Waals surface area contributed by atoms with Gasteiger partial charge in [-0.2, -0.15) is 0 Å². The second-order valence-corrected chi connectivity index (χ2v) is 7.03. The number of anilines is 1. The highest BCUT2D eigenvalue weighted by Gasteiger charge is 2.11. The minimum atomic E-state index is -3.81. The monoisotopic (exact) mass is 408 g/mol. The summed E-state index contributed by atoms with van der Waals surface area (Å²) >= 11 is 0. The lowest BCUT2D eigenvalue weighted by Crippen LogP contribution is -2.23. The van der Waals surface area contributed by atoms with Gasteiger partial charge in [-0.3, -0.25) is 4.79 Å². The summed E-state index contributed by atoms with van der Waals surface area (Å²) in [6, 6.07) is 12.0. The Kier molecular flexibility index (Phi) is 7.36. The van der Waals surface area contributed by atoms with Crippen molar-refractivity contribution in [2.75, 3.05) is 25.1 Å². The molecule has 0 atom stereocenters. The molecule has 0 heterocycles. The Labute approximate surface area is 162 Å². The molecule has 1 amide bonds. The van der Waals surface area contributed by atoms with E-state index in [1.807, 2.05) is 6.92 Å². The Morgan fingerprint density at radius 2 is 1.50 bits per heavy atom. The first kappa shape index (κ1) is 21.2. The number of hydrogen-bond acceptors (Lipinski definition) is 7. The van der Waals surface area contributed by atoms with E-state index in [-0.39, 0.29) is 11.5 Å². The van der Waals surface area contributed by atoms with E-state index in [4.69, 9.17) is 19.3 Å². The van der Waals surface area contributed by atoms with Gasteiger partial charge >= 0.3 is 5.97 Å². The lowest BCUT2D eigenvalue weighted by atomic mass is 10.3. The van der Waals surface area contributed by atoms with Gasteiger partial charge in [0.15, 0.2) is 13.2 Å². The van der Waals surface area contributed by atoms with Crippen molar-refractivity contribution in [3.63, 3.8) is 0 Å². The molecular weight excluding hydrogens is 388 g/mol. The first-order chi connectivity index (χ1) is 13.3. The number of esters is 1. The standard InChI is InChI=1S/C18H20N2O7S/c1-2-25-14-5-7-15(8-6-14)26-12-18(22)27-11-17(21)20-13-3-9-16(10-4-13)28(19,23)24/h3-10H,2,11-12H2,1H3,(H,20,21)(H2,19,23,24). The molecule has 2 aromatic rings. The largest absolute Gasteiger partial charge is 0.494 e. The summed E-state index contributed by atoms with van der Waals surface area (Å²) in [5.74, 6) is -0.155. The van der Waals surface area contributed by atoms with Gasteiger partial charge in [0.1, 0.15) is 11.5 Å². The van der Waals surface area contributed by atoms with Crippen LogP contribution in [0, 0.1) is 0 Å². The molecule has 2 aromatic carbocycles. The summed E-state index contributed by atoms with van der Waals surface area (Å²) in [6.45, 7) is 1.55. The Balaban J connectivity index is 1.73. The van der Waals surface area contributed by atoms with Crippen LogP contribution in [0.2, 0.25) is 0 Å². The van der Waals surface area contributed by atoms with Gasteiger partial charge in [-0.05, 0) is 55.5 Å². The summed E-state index contributed by atoms with van der Waals surface area (Å²) in [5.41, 5.74) is 0.332. The van der Waals surface area contributed by atoms with Crippen molar-refractivity contribution >= 4 is 27.6 Å². The minimum Gasteiger partial charge on any atom is -0.494 e. The summed E-state index contributed by atoms with van der Waals surface area (Å²) < 4.78 is 37.7. The number of carbonyl (C=O) groups excluding carboxylic acids is 2. The summed E-state index contributed by atoms with van der Waals surface area (Å²) in [6.07, 6.45) is 0. The van der Waals surface area contributed by atoms with E-state index >= 15 is 0 Å². The fourth-order valence-electron chi connectivity index (χ4n) is 2.05. The van der Waals surface area contributed by atoms with Gasteiger partial charge in [-0.1, -0.05) is 0 Å². The maximum atomic E-state index is 11.8. The predicted octanol–water partition coefficient (Wildman–Crippen LogP) is 1.29. The fourth-order valence-corrected chi connectivity index (χ4v) is 2.57. The average molecular weight is 408 g/mol. The highest BCUT2D eigenvalue weighted by Crippen LogP contribution is 2.17. The number of rotatable bonds is 9.